The van der Waals surface area contributed by atoms with E-state index in [4.69, 9.17) is 16.5 Å². The van der Waals surface area contributed by atoms with Crippen LogP contribution in [0.1, 0.15) is 38.8 Å². The molecule has 2 heterocycles. The first-order valence-corrected chi connectivity index (χ1v) is 10.6. The fourth-order valence-corrected chi connectivity index (χ4v) is 2.92. The van der Waals surface area contributed by atoms with Crippen molar-refractivity contribution in [3.8, 4) is 11.3 Å². The van der Waals surface area contributed by atoms with Crippen molar-refractivity contribution < 1.29 is 0 Å². The molecule has 0 bridgehead atoms. The molecule has 0 saturated heterocycles. The van der Waals surface area contributed by atoms with Crippen LogP contribution in [0.15, 0.2) is 69.0 Å². The number of guanidine groups is 2. The molecular formula is C23H30N10. The van der Waals surface area contributed by atoms with Gasteiger partial charge in [0.05, 0.1) is 18.1 Å². The lowest BCUT2D eigenvalue weighted by Gasteiger charge is -2.01. The first-order chi connectivity index (χ1) is 15.8. The summed E-state index contributed by atoms with van der Waals surface area (Å²) in [6.45, 7) is 7.79. The Morgan fingerprint density at radius 1 is 0.818 bits per heavy atom. The maximum atomic E-state index is 5.75. The maximum Gasteiger partial charge on any atom is 0.209 e. The smallest absolute Gasteiger partial charge is 0.209 e. The van der Waals surface area contributed by atoms with Crippen LogP contribution in [0.2, 0.25) is 0 Å². The second-order valence-electron chi connectivity index (χ2n) is 7.93. The number of benzene rings is 1. The molecule has 0 amide bonds. The van der Waals surface area contributed by atoms with Crippen LogP contribution < -0.4 is 22.3 Å². The van der Waals surface area contributed by atoms with Gasteiger partial charge in [0.1, 0.15) is 5.65 Å². The summed E-state index contributed by atoms with van der Waals surface area (Å²) < 4.78 is 1.96. The van der Waals surface area contributed by atoms with Crippen LogP contribution in [0.25, 0.3) is 16.9 Å². The molecule has 10 heteroatoms. The number of pyridine rings is 1. The van der Waals surface area contributed by atoms with Crippen LogP contribution in [0.4, 0.5) is 0 Å². The van der Waals surface area contributed by atoms with Gasteiger partial charge in [-0.3, -0.25) is 0 Å². The highest BCUT2D eigenvalue weighted by molar-refractivity contribution is 5.84. The second-order valence-corrected chi connectivity index (χ2v) is 7.93. The van der Waals surface area contributed by atoms with Crippen molar-refractivity contribution in [1.29, 1.82) is 0 Å². The predicted octanol–water partition coefficient (Wildman–Crippen LogP) is 2.29. The van der Waals surface area contributed by atoms with Crippen LogP contribution in [0.3, 0.4) is 0 Å². The van der Waals surface area contributed by atoms with Crippen LogP contribution in [-0.2, 0) is 0 Å². The zero-order valence-corrected chi connectivity index (χ0v) is 19.3. The van der Waals surface area contributed by atoms with Gasteiger partial charge in [-0.05, 0) is 45.4 Å². The Bertz CT molecular complexity index is 1180. The van der Waals surface area contributed by atoms with Crippen molar-refractivity contribution in [2.45, 2.75) is 39.8 Å². The third-order valence-corrected chi connectivity index (χ3v) is 4.26. The van der Waals surface area contributed by atoms with E-state index in [9.17, 15) is 0 Å². The molecule has 0 unspecified atom stereocenters. The molecule has 0 spiro atoms. The van der Waals surface area contributed by atoms with Gasteiger partial charge in [0, 0.05) is 35.6 Å². The van der Waals surface area contributed by atoms with Gasteiger partial charge >= 0.3 is 0 Å². The fraction of sp³-hybridized carbons (Fsp3) is 0.261. The minimum absolute atomic E-state index is 0.106. The number of aromatic nitrogens is 2. The third kappa shape index (κ3) is 7.17. The van der Waals surface area contributed by atoms with E-state index in [2.05, 4.69) is 31.0 Å². The van der Waals surface area contributed by atoms with Crippen LogP contribution in [-0.4, -0.2) is 45.8 Å². The van der Waals surface area contributed by atoms with E-state index in [0.717, 1.165) is 28.0 Å². The summed E-state index contributed by atoms with van der Waals surface area (Å²) >= 11 is 0. The van der Waals surface area contributed by atoms with Gasteiger partial charge in [-0.1, -0.05) is 24.3 Å². The number of nitrogens with two attached hydrogens (primary N) is 2. The van der Waals surface area contributed by atoms with Gasteiger partial charge < -0.3 is 15.9 Å². The van der Waals surface area contributed by atoms with Gasteiger partial charge in [-0.15, -0.1) is 0 Å². The van der Waals surface area contributed by atoms with E-state index in [-0.39, 0.29) is 24.0 Å². The van der Waals surface area contributed by atoms with Crippen molar-refractivity contribution >= 4 is 30.0 Å². The number of imidazole rings is 1. The van der Waals surface area contributed by atoms with Crippen LogP contribution in [0.5, 0.6) is 0 Å². The van der Waals surface area contributed by atoms with E-state index in [1.807, 2.05) is 80.9 Å². The largest absolute Gasteiger partial charge is 0.369 e. The highest BCUT2D eigenvalue weighted by Gasteiger charge is 2.05. The molecule has 0 aliphatic carbocycles. The molecule has 1 aromatic carbocycles. The van der Waals surface area contributed by atoms with Gasteiger partial charge in [0.2, 0.25) is 11.9 Å². The number of hydrogen-bond donors (Lipinski definition) is 4. The summed E-state index contributed by atoms with van der Waals surface area (Å²) in [4.78, 5) is 13.0. The lowest BCUT2D eigenvalue weighted by molar-refractivity contribution is 0.816. The predicted molar refractivity (Wildman–Crippen MR) is 136 cm³/mol. The van der Waals surface area contributed by atoms with Crippen molar-refractivity contribution in [3.63, 3.8) is 0 Å². The number of hydrogen-bond acceptors (Lipinski definition) is 5. The fourth-order valence-electron chi connectivity index (χ4n) is 2.92. The van der Waals surface area contributed by atoms with Crippen LogP contribution in [0, 0.1) is 0 Å². The van der Waals surface area contributed by atoms with E-state index in [1.165, 1.54) is 0 Å². The normalized spacial score (nSPS) is 13.2. The van der Waals surface area contributed by atoms with Gasteiger partial charge in [0.25, 0.3) is 0 Å². The zero-order valence-electron chi connectivity index (χ0n) is 19.3. The Labute approximate surface area is 193 Å². The number of nitrogens with zero attached hydrogens (tertiary/aromatic N) is 6. The number of rotatable bonds is 7. The standard InChI is InChI=1S/C23H30N10/c1-15(2)28-22(24)31-26-11-17-5-8-19(9-6-17)20-14-33-13-18(7-10-21(33)30-20)12-27-32-23(25)29-16(3)4/h5-16H,1-4H3,(H3,24,28,31)(H3,25,29,32). The number of hydrazone groups is 2. The molecule has 33 heavy (non-hydrogen) atoms. The average Bonchev–Trinajstić information content (AvgIpc) is 3.16. The SMILES string of the molecule is CC(C)N=C(N)NN=Cc1ccc(-c2cn3cc(C=NNC(N)=NC(C)C)ccc3n2)cc1. The minimum atomic E-state index is 0.106. The maximum absolute atomic E-state index is 5.75. The van der Waals surface area contributed by atoms with E-state index < -0.39 is 0 Å². The molecule has 3 rings (SSSR count). The van der Waals surface area contributed by atoms with Crippen LogP contribution >= 0.6 is 0 Å². The second kappa shape index (κ2) is 10.9. The van der Waals surface area contributed by atoms with Crippen molar-refractivity contribution in [2.75, 3.05) is 0 Å². The average molecular weight is 447 g/mol. The first kappa shape index (κ1) is 23.5. The Hall–Kier alpha value is -4.21. The molecule has 0 aliphatic rings. The monoisotopic (exact) mass is 446 g/mol. The molecule has 0 radical (unpaired) electrons. The number of fused-ring (bicyclic) bond motifs is 1. The summed E-state index contributed by atoms with van der Waals surface area (Å²) in [6.07, 6.45) is 7.29. The number of nitrogens with one attached hydrogen (secondary N) is 2. The molecule has 6 N–H and O–H groups in total. The quantitative estimate of drug-likeness (QED) is 0.250. The minimum Gasteiger partial charge on any atom is -0.369 e. The lowest BCUT2D eigenvalue weighted by atomic mass is 10.1. The summed E-state index contributed by atoms with van der Waals surface area (Å²) in [5.74, 6) is 0.568. The zero-order chi connectivity index (χ0) is 23.8. The van der Waals surface area contributed by atoms with Crippen molar-refractivity contribution in [2.24, 2.45) is 31.7 Å². The molecule has 10 nitrogen and oxygen atoms in total. The van der Waals surface area contributed by atoms with Crippen molar-refractivity contribution in [1.82, 2.24) is 20.2 Å². The molecular weight excluding hydrogens is 416 g/mol. The van der Waals surface area contributed by atoms with E-state index in [1.54, 1.807) is 12.4 Å². The summed E-state index contributed by atoms with van der Waals surface area (Å²) in [5, 5.41) is 8.24. The molecule has 0 aliphatic heterocycles. The Morgan fingerprint density at radius 2 is 1.36 bits per heavy atom. The highest BCUT2D eigenvalue weighted by atomic mass is 15.4. The first-order valence-electron chi connectivity index (χ1n) is 10.6. The van der Waals surface area contributed by atoms with E-state index in [0.29, 0.717) is 0 Å². The molecule has 0 atom stereocenters. The Balaban J connectivity index is 1.68. The van der Waals surface area contributed by atoms with Crippen molar-refractivity contribution in [3.05, 3.63) is 59.9 Å². The topological polar surface area (TPSA) is 143 Å². The molecule has 172 valence electrons. The summed E-state index contributed by atoms with van der Waals surface area (Å²) in [6, 6.07) is 12.0. The van der Waals surface area contributed by atoms with Gasteiger partial charge in [-0.25, -0.2) is 25.8 Å². The Kier molecular flexibility index (Phi) is 7.74. The molecule has 0 fully saturated rings. The molecule has 3 aromatic rings. The highest BCUT2D eigenvalue weighted by Crippen LogP contribution is 2.19. The number of aliphatic imine (C=N–C) groups is 2. The molecule has 2 aromatic heterocycles. The summed E-state index contributed by atoms with van der Waals surface area (Å²) in [5.41, 5.74) is 21.5. The van der Waals surface area contributed by atoms with Gasteiger partial charge in [0.15, 0.2) is 0 Å². The Morgan fingerprint density at radius 3 is 1.94 bits per heavy atom. The van der Waals surface area contributed by atoms with E-state index >= 15 is 0 Å². The van der Waals surface area contributed by atoms with Gasteiger partial charge in [-0.2, -0.15) is 10.2 Å². The molecule has 0 saturated carbocycles. The summed E-state index contributed by atoms with van der Waals surface area (Å²) in [7, 11) is 0. The lowest BCUT2D eigenvalue weighted by Crippen LogP contribution is -2.28. The third-order valence-electron chi connectivity index (χ3n) is 4.26.